The summed E-state index contributed by atoms with van der Waals surface area (Å²) in [6, 6.07) is 13.0. The molecule has 0 aliphatic carbocycles. The number of carbonyl (C=O) groups is 3. The number of nitrogens with one attached hydrogen (secondary N) is 2. The van der Waals surface area contributed by atoms with Crippen LogP contribution < -0.4 is 15.4 Å². The molecule has 130 valence electrons. The molecule has 0 spiro atoms. The number of hydrogen-bond acceptors (Lipinski definition) is 5. The Bertz CT molecular complexity index is 771. The molecule has 0 atom stereocenters. The van der Waals surface area contributed by atoms with Gasteiger partial charge in [0.1, 0.15) is 5.75 Å². The zero-order valence-corrected chi connectivity index (χ0v) is 13.9. The van der Waals surface area contributed by atoms with E-state index in [1.807, 2.05) is 0 Å². The summed E-state index contributed by atoms with van der Waals surface area (Å²) in [6.07, 6.45) is 0. The summed E-state index contributed by atoms with van der Waals surface area (Å²) >= 11 is 0. The molecule has 0 heterocycles. The first kappa shape index (κ1) is 18.0. The van der Waals surface area contributed by atoms with Gasteiger partial charge in [0.15, 0.2) is 6.61 Å². The summed E-state index contributed by atoms with van der Waals surface area (Å²) in [5.74, 6) is -0.530. The average molecular weight is 342 g/mol. The molecule has 2 amide bonds. The Morgan fingerprint density at radius 1 is 0.960 bits per heavy atom. The highest BCUT2D eigenvalue weighted by Gasteiger charge is 2.07. The van der Waals surface area contributed by atoms with Gasteiger partial charge in [-0.1, -0.05) is 6.07 Å². The van der Waals surface area contributed by atoms with Gasteiger partial charge >= 0.3 is 5.97 Å². The zero-order chi connectivity index (χ0) is 18.2. The minimum Gasteiger partial charge on any atom is -0.484 e. The number of anilines is 2. The molecule has 0 unspecified atom stereocenters. The van der Waals surface area contributed by atoms with Crippen molar-refractivity contribution < 1.29 is 23.9 Å². The van der Waals surface area contributed by atoms with Gasteiger partial charge in [-0.05, 0) is 42.5 Å². The molecule has 7 nitrogen and oxygen atoms in total. The van der Waals surface area contributed by atoms with E-state index in [2.05, 4.69) is 15.4 Å². The van der Waals surface area contributed by atoms with Crippen LogP contribution >= 0.6 is 0 Å². The summed E-state index contributed by atoms with van der Waals surface area (Å²) in [5, 5.41) is 5.31. The van der Waals surface area contributed by atoms with Gasteiger partial charge in [0, 0.05) is 18.3 Å². The summed E-state index contributed by atoms with van der Waals surface area (Å²) in [6.45, 7) is 1.21. The standard InChI is InChI=1S/C18H18N2O5/c1-12(21)19-14-4-3-5-15(10-14)20-17(22)11-25-16-8-6-13(7-9-16)18(23)24-2/h3-10H,11H2,1-2H3,(H,19,21)(H,20,22). The zero-order valence-electron chi connectivity index (χ0n) is 13.9. The van der Waals surface area contributed by atoms with Crippen LogP contribution in [0.15, 0.2) is 48.5 Å². The number of carbonyl (C=O) groups excluding carboxylic acids is 3. The fraction of sp³-hybridized carbons (Fsp3) is 0.167. The minimum absolute atomic E-state index is 0.192. The quantitative estimate of drug-likeness (QED) is 0.787. The monoisotopic (exact) mass is 342 g/mol. The van der Waals surface area contributed by atoms with Crippen molar-refractivity contribution >= 4 is 29.2 Å². The molecule has 2 aromatic rings. The number of amides is 2. The van der Waals surface area contributed by atoms with Crippen molar-refractivity contribution in [3.05, 3.63) is 54.1 Å². The summed E-state index contributed by atoms with van der Waals surface area (Å²) in [5.41, 5.74) is 1.53. The van der Waals surface area contributed by atoms with Gasteiger partial charge in [-0.25, -0.2) is 4.79 Å². The van der Waals surface area contributed by atoms with E-state index in [4.69, 9.17) is 4.74 Å². The number of esters is 1. The van der Waals surface area contributed by atoms with Crippen LogP contribution in [0.3, 0.4) is 0 Å². The second-order valence-corrected chi connectivity index (χ2v) is 5.11. The van der Waals surface area contributed by atoms with E-state index >= 15 is 0 Å². The van der Waals surface area contributed by atoms with Crippen LogP contribution in [0.5, 0.6) is 5.75 Å². The molecule has 2 rings (SSSR count). The van der Waals surface area contributed by atoms with Gasteiger partial charge in [0.25, 0.3) is 5.91 Å². The third-order valence-corrected chi connectivity index (χ3v) is 3.11. The van der Waals surface area contributed by atoms with E-state index < -0.39 is 5.97 Å². The summed E-state index contributed by atoms with van der Waals surface area (Å²) in [7, 11) is 1.30. The second kappa shape index (κ2) is 8.49. The average Bonchev–Trinajstić information content (AvgIpc) is 2.59. The molecule has 0 saturated heterocycles. The molecule has 0 saturated carbocycles. The minimum atomic E-state index is -0.441. The highest BCUT2D eigenvalue weighted by atomic mass is 16.5. The molecule has 0 aromatic heterocycles. The van der Waals surface area contributed by atoms with Gasteiger partial charge in [-0.2, -0.15) is 0 Å². The lowest BCUT2D eigenvalue weighted by molar-refractivity contribution is -0.118. The molecular formula is C18H18N2O5. The van der Waals surface area contributed by atoms with Crippen molar-refractivity contribution in [2.45, 2.75) is 6.92 Å². The maximum atomic E-state index is 11.9. The molecule has 2 aromatic carbocycles. The largest absolute Gasteiger partial charge is 0.484 e. The van der Waals surface area contributed by atoms with E-state index in [-0.39, 0.29) is 18.4 Å². The fourth-order valence-corrected chi connectivity index (χ4v) is 2.03. The number of ether oxygens (including phenoxy) is 2. The van der Waals surface area contributed by atoms with Crippen molar-refractivity contribution in [1.29, 1.82) is 0 Å². The topological polar surface area (TPSA) is 93.7 Å². The number of rotatable bonds is 6. The van der Waals surface area contributed by atoms with Gasteiger partial charge in [0.2, 0.25) is 5.91 Å². The van der Waals surface area contributed by atoms with Crippen molar-refractivity contribution in [2.75, 3.05) is 24.4 Å². The molecule has 0 bridgehead atoms. The predicted molar refractivity (Wildman–Crippen MR) is 92.7 cm³/mol. The molecule has 7 heteroatoms. The van der Waals surface area contributed by atoms with Crippen LogP contribution in [0.4, 0.5) is 11.4 Å². The lowest BCUT2D eigenvalue weighted by Crippen LogP contribution is -2.20. The van der Waals surface area contributed by atoms with Crippen LogP contribution in [0.2, 0.25) is 0 Å². The van der Waals surface area contributed by atoms with Gasteiger partial charge in [-0.15, -0.1) is 0 Å². The van der Waals surface area contributed by atoms with E-state index in [0.717, 1.165) is 0 Å². The predicted octanol–water partition coefficient (Wildman–Crippen LogP) is 2.45. The van der Waals surface area contributed by atoms with Gasteiger partial charge < -0.3 is 20.1 Å². The van der Waals surface area contributed by atoms with Crippen molar-refractivity contribution in [3.8, 4) is 5.75 Å². The Morgan fingerprint density at radius 3 is 2.20 bits per heavy atom. The third kappa shape index (κ3) is 5.65. The normalized spacial score (nSPS) is 9.84. The fourth-order valence-electron chi connectivity index (χ4n) is 2.03. The van der Waals surface area contributed by atoms with Crippen LogP contribution in [0.1, 0.15) is 17.3 Å². The lowest BCUT2D eigenvalue weighted by Gasteiger charge is -2.09. The summed E-state index contributed by atoms with van der Waals surface area (Å²) < 4.78 is 9.97. The second-order valence-electron chi connectivity index (χ2n) is 5.11. The number of methoxy groups -OCH3 is 1. The molecular weight excluding hydrogens is 324 g/mol. The lowest BCUT2D eigenvalue weighted by atomic mass is 10.2. The third-order valence-electron chi connectivity index (χ3n) is 3.11. The molecule has 0 radical (unpaired) electrons. The van der Waals surface area contributed by atoms with Crippen molar-refractivity contribution in [3.63, 3.8) is 0 Å². The van der Waals surface area contributed by atoms with Crippen molar-refractivity contribution in [1.82, 2.24) is 0 Å². The van der Waals surface area contributed by atoms with Crippen molar-refractivity contribution in [2.24, 2.45) is 0 Å². The first-order valence-corrected chi connectivity index (χ1v) is 7.46. The van der Waals surface area contributed by atoms with E-state index in [0.29, 0.717) is 22.7 Å². The highest BCUT2D eigenvalue weighted by Crippen LogP contribution is 2.16. The Balaban J connectivity index is 1.88. The summed E-state index contributed by atoms with van der Waals surface area (Å²) in [4.78, 5) is 34.3. The molecule has 25 heavy (non-hydrogen) atoms. The first-order chi connectivity index (χ1) is 12.0. The van der Waals surface area contributed by atoms with E-state index in [9.17, 15) is 14.4 Å². The highest BCUT2D eigenvalue weighted by molar-refractivity contribution is 5.94. The van der Waals surface area contributed by atoms with Gasteiger partial charge in [-0.3, -0.25) is 9.59 Å². The molecule has 0 fully saturated rings. The maximum Gasteiger partial charge on any atom is 0.337 e. The SMILES string of the molecule is COC(=O)c1ccc(OCC(=O)Nc2cccc(NC(C)=O)c2)cc1. The van der Waals surface area contributed by atoms with Crippen LogP contribution in [-0.4, -0.2) is 31.5 Å². The Labute approximate surface area is 144 Å². The van der Waals surface area contributed by atoms with E-state index in [1.54, 1.807) is 48.5 Å². The Kier molecular flexibility index (Phi) is 6.11. The Hall–Kier alpha value is -3.35. The molecule has 0 aliphatic heterocycles. The number of benzene rings is 2. The first-order valence-electron chi connectivity index (χ1n) is 7.46. The smallest absolute Gasteiger partial charge is 0.337 e. The van der Waals surface area contributed by atoms with Gasteiger partial charge in [0.05, 0.1) is 12.7 Å². The van der Waals surface area contributed by atoms with Crippen LogP contribution in [0.25, 0.3) is 0 Å². The van der Waals surface area contributed by atoms with Crippen LogP contribution in [0, 0.1) is 0 Å². The molecule has 2 N–H and O–H groups in total. The molecule has 0 aliphatic rings. The van der Waals surface area contributed by atoms with E-state index in [1.165, 1.54) is 14.0 Å². The number of hydrogen-bond donors (Lipinski definition) is 2. The Morgan fingerprint density at radius 2 is 1.60 bits per heavy atom. The maximum absolute atomic E-state index is 11.9. The van der Waals surface area contributed by atoms with Crippen LogP contribution in [-0.2, 0) is 14.3 Å².